The molecule has 0 saturated heterocycles. The van der Waals surface area contributed by atoms with Crippen LogP contribution in [0.1, 0.15) is 34.2 Å². The van der Waals surface area contributed by atoms with Crippen LogP contribution in [0.25, 0.3) is 17.4 Å². The van der Waals surface area contributed by atoms with Crippen LogP contribution in [-0.2, 0) is 9.53 Å². The zero-order chi connectivity index (χ0) is 24.6. The number of carbonyl (C=O) groups is 2. The van der Waals surface area contributed by atoms with Gasteiger partial charge in [0.1, 0.15) is 11.5 Å². The van der Waals surface area contributed by atoms with Crippen LogP contribution in [0.15, 0.2) is 63.6 Å². The van der Waals surface area contributed by atoms with Gasteiger partial charge < -0.3 is 9.15 Å². The van der Waals surface area contributed by atoms with Gasteiger partial charge in [0.15, 0.2) is 0 Å². The summed E-state index contributed by atoms with van der Waals surface area (Å²) in [4.78, 5) is 35.7. The SMILES string of the molecule is COC(=O)c1ccc(N2N=C(C)C(=Cc3ccc(-c4cc(C)c(C)cc4[N+](=O)[O-])o3)C2=O)cc1. The molecular formula is C25H21N3O6. The van der Waals surface area contributed by atoms with E-state index in [-0.39, 0.29) is 11.6 Å². The van der Waals surface area contributed by atoms with Crippen LogP contribution in [0.5, 0.6) is 0 Å². The van der Waals surface area contributed by atoms with E-state index < -0.39 is 10.9 Å². The van der Waals surface area contributed by atoms with E-state index in [9.17, 15) is 19.7 Å². The molecule has 3 aromatic rings. The summed E-state index contributed by atoms with van der Waals surface area (Å²) in [5.41, 5.74) is 3.70. The van der Waals surface area contributed by atoms with Crippen LogP contribution >= 0.6 is 0 Å². The topological polar surface area (TPSA) is 115 Å². The van der Waals surface area contributed by atoms with E-state index >= 15 is 0 Å². The fourth-order valence-electron chi connectivity index (χ4n) is 3.58. The zero-order valence-corrected chi connectivity index (χ0v) is 19.0. The predicted octanol–water partition coefficient (Wildman–Crippen LogP) is 5.06. The minimum Gasteiger partial charge on any atom is -0.465 e. The molecule has 1 aliphatic rings. The summed E-state index contributed by atoms with van der Waals surface area (Å²) in [7, 11) is 1.29. The third-order valence-electron chi connectivity index (χ3n) is 5.58. The molecule has 1 aliphatic heterocycles. The predicted molar refractivity (Wildman–Crippen MR) is 127 cm³/mol. The molecule has 0 aliphatic carbocycles. The molecule has 0 radical (unpaired) electrons. The first-order chi connectivity index (χ1) is 16.2. The summed E-state index contributed by atoms with van der Waals surface area (Å²) in [6.07, 6.45) is 1.56. The number of carbonyl (C=O) groups excluding carboxylic acids is 2. The summed E-state index contributed by atoms with van der Waals surface area (Å²) in [6, 6.07) is 12.8. The zero-order valence-electron chi connectivity index (χ0n) is 19.0. The van der Waals surface area contributed by atoms with Crippen LogP contribution in [0.2, 0.25) is 0 Å². The summed E-state index contributed by atoms with van der Waals surface area (Å²) < 4.78 is 10.5. The van der Waals surface area contributed by atoms with Gasteiger partial charge in [0, 0.05) is 6.07 Å². The lowest BCUT2D eigenvalue weighted by Crippen LogP contribution is -2.21. The number of methoxy groups -OCH3 is 1. The van der Waals surface area contributed by atoms with Crippen LogP contribution in [0.4, 0.5) is 11.4 Å². The van der Waals surface area contributed by atoms with Gasteiger partial charge in [-0.25, -0.2) is 4.79 Å². The highest BCUT2D eigenvalue weighted by atomic mass is 16.6. The summed E-state index contributed by atoms with van der Waals surface area (Å²) >= 11 is 0. The Labute approximate surface area is 195 Å². The molecule has 2 aromatic carbocycles. The fraction of sp³-hybridized carbons (Fsp3) is 0.160. The van der Waals surface area contributed by atoms with E-state index in [0.29, 0.717) is 39.6 Å². The summed E-state index contributed by atoms with van der Waals surface area (Å²) in [6.45, 7) is 5.38. The lowest BCUT2D eigenvalue weighted by Gasteiger charge is -2.12. The quantitative estimate of drug-likeness (QED) is 0.228. The summed E-state index contributed by atoms with van der Waals surface area (Å²) in [5.74, 6) is -0.143. The van der Waals surface area contributed by atoms with Crippen molar-refractivity contribution in [3.8, 4) is 11.3 Å². The Bertz CT molecular complexity index is 1380. The first-order valence-corrected chi connectivity index (χ1v) is 10.4. The third kappa shape index (κ3) is 4.11. The lowest BCUT2D eigenvalue weighted by molar-refractivity contribution is -0.384. The first kappa shape index (κ1) is 22.7. The highest BCUT2D eigenvalue weighted by Gasteiger charge is 2.29. The van der Waals surface area contributed by atoms with E-state index in [4.69, 9.17) is 4.42 Å². The number of aryl methyl sites for hydroxylation is 2. The molecule has 2 heterocycles. The van der Waals surface area contributed by atoms with Crippen LogP contribution in [0, 0.1) is 24.0 Å². The number of hydrogen-bond donors (Lipinski definition) is 0. The van der Waals surface area contributed by atoms with Crippen molar-refractivity contribution in [2.24, 2.45) is 5.10 Å². The molecule has 0 bridgehead atoms. The molecule has 4 rings (SSSR count). The normalized spacial score (nSPS) is 14.5. The number of nitro benzene ring substituents is 1. The molecule has 0 fully saturated rings. The molecule has 172 valence electrons. The smallest absolute Gasteiger partial charge is 0.337 e. The molecular weight excluding hydrogens is 438 g/mol. The Morgan fingerprint density at radius 1 is 1.09 bits per heavy atom. The second kappa shape index (κ2) is 8.78. The Morgan fingerprint density at radius 3 is 2.41 bits per heavy atom. The summed E-state index contributed by atoms with van der Waals surface area (Å²) in [5, 5.41) is 17.1. The number of amides is 1. The van der Waals surface area contributed by atoms with Crippen molar-refractivity contribution >= 4 is 35.0 Å². The Hall–Kier alpha value is -4.53. The average molecular weight is 459 g/mol. The number of nitrogens with zero attached hydrogens (tertiary/aromatic N) is 3. The second-order valence-electron chi connectivity index (χ2n) is 7.81. The maximum Gasteiger partial charge on any atom is 0.337 e. The first-order valence-electron chi connectivity index (χ1n) is 10.4. The van der Waals surface area contributed by atoms with Gasteiger partial charge in [-0.05, 0) is 80.4 Å². The van der Waals surface area contributed by atoms with Crippen molar-refractivity contribution in [2.75, 3.05) is 12.1 Å². The van der Waals surface area contributed by atoms with E-state index in [0.717, 1.165) is 11.1 Å². The van der Waals surface area contributed by atoms with E-state index in [1.165, 1.54) is 18.2 Å². The maximum absolute atomic E-state index is 13.0. The molecule has 34 heavy (non-hydrogen) atoms. The number of hydrazone groups is 1. The number of nitro groups is 1. The van der Waals surface area contributed by atoms with Crippen LogP contribution < -0.4 is 5.01 Å². The molecule has 0 unspecified atom stereocenters. The Morgan fingerprint density at radius 2 is 1.76 bits per heavy atom. The Kier molecular flexibility index (Phi) is 5.85. The van der Waals surface area contributed by atoms with Crippen LogP contribution in [0.3, 0.4) is 0 Å². The number of hydrogen-bond acceptors (Lipinski definition) is 7. The van der Waals surface area contributed by atoms with Gasteiger partial charge in [-0.2, -0.15) is 10.1 Å². The van der Waals surface area contributed by atoms with E-state index in [1.807, 2.05) is 13.8 Å². The average Bonchev–Trinajstić information content (AvgIpc) is 3.40. The number of ether oxygens (including phenoxy) is 1. The number of benzene rings is 2. The monoisotopic (exact) mass is 459 g/mol. The maximum atomic E-state index is 13.0. The van der Waals surface area contributed by atoms with Crippen molar-refractivity contribution < 1.29 is 23.7 Å². The van der Waals surface area contributed by atoms with E-state index in [2.05, 4.69) is 9.84 Å². The molecule has 1 amide bonds. The fourth-order valence-corrected chi connectivity index (χ4v) is 3.58. The van der Waals surface area contributed by atoms with Gasteiger partial charge in [-0.15, -0.1) is 0 Å². The highest BCUT2D eigenvalue weighted by molar-refractivity contribution is 6.32. The molecule has 9 heteroatoms. The van der Waals surface area contributed by atoms with Crippen molar-refractivity contribution in [3.63, 3.8) is 0 Å². The Balaban J connectivity index is 1.63. The molecule has 0 N–H and O–H groups in total. The molecule has 0 spiro atoms. The van der Waals surface area contributed by atoms with Gasteiger partial charge in [-0.1, -0.05) is 0 Å². The second-order valence-corrected chi connectivity index (χ2v) is 7.81. The van der Waals surface area contributed by atoms with Gasteiger partial charge in [0.05, 0.1) is 40.1 Å². The van der Waals surface area contributed by atoms with E-state index in [1.54, 1.807) is 55.5 Å². The van der Waals surface area contributed by atoms with Gasteiger partial charge in [-0.3, -0.25) is 14.9 Å². The molecule has 1 aromatic heterocycles. The molecule has 9 nitrogen and oxygen atoms in total. The van der Waals surface area contributed by atoms with Crippen molar-refractivity contribution in [1.82, 2.24) is 0 Å². The molecule has 0 saturated carbocycles. The minimum absolute atomic E-state index is 0.0482. The van der Waals surface area contributed by atoms with Crippen molar-refractivity contribution in [3.05, 3.63) is 86.7 Å². The molecule has 0 atom stereocenters. The number of esters is 1. The van der Waals surface area contributed by atoms with Crippen molar-refractivity contribution in [2.45, 2.75) is 20.8 Å². The lowest BCUT2D eigenvalue weighted by atomic mass is 10.0. The number of furan rings is 1. The van der Waals surface area contributed by atoms with Crippen molar-refractivity contribution in [1.29, 1.82) is 0 Å². The number of rotatable bonds is 5. The largest absolute Gasteiger partial charge is 0.465 e. The number of anilines is 1. The van der Waals surface area contributed by atoms with Gasteiger partial charge in [0.25, 0.3) is 11.6 Å². The van der Waals surface area contributed by atoms with Gasteiger partial charge in [0.2, 0.25) is 0 Å². The standard InChI is InChI=1S/C25H21N3O6/c1-14-11-21(22(28(31)32)12-15(14)2)23-10-9-19(34-23)13-20-16(3)26-27(24(20)29)18-7-5-17(6-8-18)25(30)33-4/h5-13H,1-4H3. The highest BCUT2D eigenvalue weighted by Crippen LogP contribution is 2.34. The third-order valence-corrected chi connectivity index (χ3v) is 5.58. The van der Waals surface area contributed by atoms with Gasteiger partial charge >= 0.3 is 5.97 Å². The minimum atomic E-state index is -0.475. The van der Waals surface area contributed by atoms with Crippen LogP contribution in [-0.4, -0.2) is 29.6 Å².